The number of aromatic amines is 1. The van der Waals surface area contributed by atoms with E-state index in [4.69, 9.17) is 9.47 Å². The first-order chi connectivity index (χ1) is 13.0. The van der Waals surface area contributed by atoms with Crippen LogP contribution in [0, 0.1) is 6.92 Å². The van der Waals surface area contributed by atoms with Crippen molar-refractivity contribution in [3.05, 3.63) is 47.3 Å². The topological polar surface area (TPSA) is 74.9 Å². The number of carbonyl (C=O) groups is 2. The predicted octanol–water partition coefficient (Wildman–Crippen LogP) is 2.33. The van der Waals surface area contributed by atoms with Crippen LogP contribution >= 0.6 is 0 Å². The Morgan fingerprint density at radius 1 is 0.963 bits per heavy atom. The zero-order valence-electron chi connectivity index (χ0n) is 15.9. The van der Waals surface area contributed by atoms with Gasteiger partial charge in [0, 0.05) is 38.6 Å². The molecule has 0 spiro atoms. The summed E-state index contributed by atoms with van der Waals surface area (Å²) in [4.78, 5) is 32.1. The Balaban J connectivity index is 1.76. The molecule has 1 saturated heterocycles. The Hall–Kier alpha value is -2.96. The van der Waals surface area contributed by atoms with Crippen molar-refractivity contribution in [3.63, 3.8) is 0 Å². The summed E-state index contributed by atoms with van der Waals surface area (Å²) in [5.74, 6) is 1.06. The molecule has 0 unspecified atom stereocenters. The number of hydrogen-bond acceptors (Lipinski definition) is 4. The van der Waals surface area contributed by atoms with Gasteiger partial charge in [0.25, 0.3) is 11.8 Å². The van der Waals surface area contributed by atoms with Crippen molar-refractivity contribution in [1.29, 1.82) is 0 Å². The normalized spacial score (nSPS) is 14.6. The first-order valence-electron chi connectivity index (χ1n) is 8.99. The molecular formula is C20H25N3O4. The molecule has 0 bridgehead atoms. The van der Waals surface area contributed by atoms with Crippen LogP contribution in [0.25, 0.3) is 0 Å². The highest BCUT2D eigenvalue weighted by Crippen LogP contribution is 2.29. The maximum Gasteiger partial charge on any atom is 0.257 e. The zero-order valence-corrected chi connectivity index (χ0v) is 15.9. The predicted molar refractivity (Wildman–Crippen MR) is 101 cm³/mol. The lowest BCUT2D eigenvalue weighted by Crippen LogP contribution is -2.37. The molecule has 1 aromatic carbocycles. The van der Waals surface area contributed by atoms with Crippen LogP contribution in [0.4, 0.5) is 0 Å². The number of H-pyrrole nitrogens is 1. The molecule has 0 aliphatic carbocycles. The summed E-state index contributed by atoms with van der Waals surface area (Å²) in [5.41, 5.74) is 2.02. The van der Waals surface area contributed by atoms with E-state index >= 15 is 0 Å². The smallest absolute Gasteiger partial charge is 0.257 e. The number of carbonyl (C=O) groups excluding carboxylic acids is 2. The molecule has 1 fully saturated rings. The minimum absolute atomic E-state index is 0.0138. The maximum absolute atomic E-state index is 13.1. The molecular weight excluding hydrogens is 346 g/mol. The molecule has 144 valence electrons. The first kappa shape index (κ1) is 18.8. The summed E-state index contributed by atoms with van der Waals surface area (Å²) >= 11 is 0. The molecule has 0 atom stereocenters. The Labute approximate surface area is 158 Å². The van der Waals surface area contributed by atoms with E-state index in [2.05, 4.69) is 4.98 Å². The van der Waals surface area contributed by atoms with E-state index in [-0.39, 0.29) is 11.8 Å². The lowest BCUT2D eigenvalue weighted by molar-refractivity contribution is 0.0717. The van der Waals surface area contributed by atoms with Crippen molar-refractivity contribution in [2.24, 2.45) is 0 Å². The van der Waals surface area contributed by atoms with Crippen molar-refractivity contribution in [2.75, 3.05) is 40.4 Å². The van der Waals surface area contributed by atoms with E-state index in [1.807, 2.05) is 13.0 Å². The number of ether oxygens (including phenoxy) is 2. The van der Waals surface area contributed by atoms with Gasteiger partial charge in [0.1, 0.15) is 11.5 Å². The van der Waals surface area contributed by atoms with Crippen LogP contribution in [-0.4, -0.2) is 67.0 Å². The first-order valence-corrected chi connectivity index (χ1v) is 8.99. The van der Waals surface area contributed by atoms with Gasteiger partial charge in [-0.05, 0) is 37.1 Å². The van der Waals surface area contributed by atoms with Crippen molar-refractivity contribution in [3.8, 4) is 11.5 Å². The van der Waals surface area contributed by atoms with E-state index in [0.29, 0.717) is 48.8 Å². The largest absolute Gasteiger partial charge is 0.496 e. The van der Waals surface area contributed by atoms with Crippen molar-refractivity contribution < 1.29 is 19.1 Å². The molecule has 0 radical (unpaired) electrons. The fraction of sp³-hybridized carbons (Fsp3) is 0.400. The second-order valence-electron chi connectivity index (χ2n) is 6.56. The summed E-state index contributed by atoms with van der Waals surface area (Å²) in [6, 6.07) is 5.30. The average Bonchev–Trinajstić information content (AvgIpc) is 3.11. The van der Waals surface area contributed by atoms with Crippen LogP contribution in [0.2, 0.25) is 0 Å². The third-order valence-corrected chi connectivity index (χ3v) is 4.86. The second kappa shape index (κ2) is 8.16. The summed E-state index contributed by atoms with van der Waals surface area (Å²) in [6.45, 7) is 4.11. The lowest BCUT2D eigenvalue weighted by Gasteiger charge is -2.23. The molecule has 27 heavy (non-hydrogen) atoms. The number of rotatable bonds is 4. The van der Waals surface area contributed by atoms with Gasteiger partial charge in [-0.25, -0.2) is 0 Å². The summed E-state index contributed by atoms with van der Waals surface area (Å²) < 4.78 is 10.8. The quantitative estimate of drug-likeness (QED) is 0.895. The molecule has 2 amide bonds. The molecule has 2 aromatic rings. The number of aromatic nitrogens is 1. The Kier molecular flexibility index (Phi) is 5.69. The third kappa shape index (κ3) is 3.92. The van der Waals surface area contributed by atoms with E-state index in [9.17, 15) is 9.59 Å². The van der Waals surface area contributed by atoms with Crippen molar-refractivity contribution in [1.82, 2.24) is 14.8 Å². The second-order valence-corrected chi connectivity index (χ2v) is 6.56. The molecule has 1 aromatic heterocycles. The number of benzene rings is 1. The van der Waals surface area contributed by atoms with E-state index < -0.39 is 0 Å². The SMILES string of the molecule is COc1cc(C(=O)N2CCCN(C(=O)c3cc[nH]c3)CC2)c(OC)cc1C. The van der Waals surface area contributed by atoms with Gasteiger partial charge in [-0.15, -0.1) is 0 Å². The number of nitrogens with zero attached hydrogens (tertiary/aromatic N) is 2. The number of amides is 2. The number of aryl methyl sites for hydroxylation is 1. The summed E-state index contributed by atoms with van der Waals surface area (Å²) in [6.07, 6.45) is 4.16. The van der Waals surface area contributed by atoms with Crippen LogP contribution in [-0.2, 0) is 0 Å². The van der Waals surface area contributed by atoms with Gasteiger partial charge in [0.15, 0.2) is 0 Å². The lowest BCUT2D eigenvalue weighted by atomic mass is 10.1. The monoisotopic (exact) mass is 371 g/mol. The zero-order chi connectivity index (χ0) is 19.4. The van der Waals surface area contributed by atoms with Crippen LogP contribution in [0.1, 0.15) is 32.7 Å². The van der Waals surface area contributed by atoms with Gasteiger partial charge in [0.2, 0.25) is 0 Å². The molecule has 1 aliphatic rings. The van der Waals surface area contributed by atoms with Gasteiger partial charge < -0.3 is 24.3 Å². The molecule has 1 N–H and O–H groups in total. The fourth-order valence-corrected chi connectivity index (χ4v) is 3.35. The number of hydrogen-bond donors (Lipinski definition) is 1. The molecule has 2 heterocycles. The highest BCUT2D eigenvalue weighted by molar-refractivity contribution is 5.98. The van der Waals surface area contributed by atoms with Crippen molar-refractivity contribution in [2.45, 2.75) is 13.3 Å². The van der Waals surface area contributed by atoms with Crippen LogP contribution in [0.3, 0.4) is 0 Å². The van der Waals surface area contributed by atoms with E-state index in [0.717, 1.165) is 12.0 Å². The minimum Gasteiger partial charge on any atom is -0.496 e. The van der Waals surface area contributed by atoms with Crippen molar-refractivity contribution >= 4 is 11.8 Å². The molecule has 1 aliphatic heterocycles. The van der Waals surface area contributed by atoms with Crippen LogP contribution in [0.5, 0.6) is 11.5 Å². The van der Waals surface area contributed by atoms with E-state index in [1.54, 1.807) is 48.5 Å². The Morgan fingerprint density at radius 2 is 1.63 bits per heavy atom. The average molecular weight is 371 g/mol. The summed E-state index contributed by atoms with van der Waals surface area (Å²) in [5, 5.41) is 0. The number of nitrogens with one attached hydrogen (secondary N) is 1. The maximum atomic E-state index is 13.1. The standard InChI is InChI=1S/C20H25N3O4/c1-14-11-18(27-3)16(12-17(14)26-2)20(25)23-8-4-7-22(9-10-23)19(24)15-5-6-21-13-15/h5-6,11-13,21H,4,7-10H2,1-3H3. The molecule has 7 heteroatoms. The molecule has 7 nitrogen and oxygen atoms in total. The highest BCUT2D eigenvalue weighted by atomic mass is 16.5. The Bertz CT molecular complexity index is 817. The summed E-state index contributed by atoms with van der Waals surface area (Å²) in [7, 11) is 3.14. The van der Waals surface area contributed by atoms with Gasteiger partial charge in [-0.3, -0.25) is 9.59 Å². The number of methoxy groups -OCH3 is 2. The van der Waals surface area contributed by atoms with Gasteiger partial charge >= 0.3 is 0 Å². The van der Waals surface area contributed by atoms with Gasteiger partial charge in [-0.1, -0.05) is 0 Å². The van der Waals surface area contributed by atoms with E-state index in [1.165, 1.54) is 0 Å². The van der Waals surface area contributed by atoms with Gasteiger partial charge in [0.05, 0.1) is 25.3 Å². The van der Waals surface area contributed by atoms with Crippen LogP contribution < -0.4 is 9.47 Å². The highest BCUT2D eigenvalue weighted by Gasteiger charge is 2.26. The van der Waals surface area contributed by atoms with Crippen LogP contribution in [0.15, 0.2) is 30.6 Å². The molecule has 0 saturated carbocycles. The van der Waals surface area contributed by atoms with Gasteiger partial charge in [-0.2, -0.15) is 0 Å². The molecule has 3 rings (SSSR count). The minimum atomic E-state index is -0.110. The Morgan fingerprint density at radius 3 is 2.22 bits per heavy atom. The third-order valence-electron chi connectivity index (χ3n) is 4.86. The fourth-order valence-electron chi connectivity index (χ4n) is 3.35.